The van der Waals surface area contributed by atoms with Gasteiger partial charge in [0.1, 0.15) is 0 Å². The molecule has 0 unspecified atom stereocenters. The third-order valence-corrected chi connectivity index (χ3v) is 6.50. The van der Waals surface area contributed by atoms with E-state index in [0.717, 1.165) is 12.0 Å². The molecule has 0 aromatic heterocycles. The van der Waals surface area contributed by atoms with E-state index in [1.807, 2.05) is 0 Å². The lowest BCUT2D eigenvalue weighted by Crippen LogP contribution is -2.48. The highest BCUT2D eigenvalue weighted by Gasteiger charge is 2.19. The Kier molecular flexibility index (Phi) is 33.3. The average molecular weight is 427 g/mol. The Morgan fingerprint density at radius 1 is 0.500 bits per heavy atom. The summed E-state index contributed by atoms with van der Waals surface area (Å²) in [6.07, 6.45) is 8.31. The van der Waals surface area contributed by atoms with E-state index in [2.05, 4.69) is 55.4 Å². The van der Waals surface area contributed by atoms with E-state index in [9.17, 15) is 0 Å². The van der Waals surface area contributed by atoms with Crippen molar-refractivity contribution in [2.45, 2.75) is 93.9 Å². The Balaban J connectivity index is -0.000000178. The van der Waals surface area contributed by atoms with Gasteiger partial charge in [-0.15, -0.1) is 0 Å². The second kappa shape index (κ2) is 27.7. The number of nitrogens with zero attached hydrogens (tertiary/aromatic N) is 4. The Hall–Kier alpha value is -1.32. The number of rotatable bonds is 14. The summed E-state index contributed by atoms with van der Waals surface area (Å²) in [5.74, 6) is 0. The molecule has 0 atom stereocenters. The minimum absolute atomic E-state index is 1.00. The molecule has 6 heteroatoms. The van der Waals surface area contributed by atoms with Gasteiger partial charge in [-0.2, -0.15) is 12.0 Å². The minimum Gasteiger partial charge on any atom is -0.447 e. The Bertz CT molecular complexity index is 334. The molecule has 0 amide bonds. The maximum atomic E-state index is 6.99. The monoisotopic (exact) mass is 426 g/mol. The van der Waals surface area contributed by atoms with E-state index in [1.165, 1.54) is 99.8 Å². The molecule has 30 heavy (non-hydrogen) atoms. The first-order valence-corrected chi connectivity index (χ1v) is 12.1. The average Bonchev–Trinajstić information content (AvgIpc) is 2.77. The van der Waals surface area contributed by atoms with Gasteiger partial charge in [-0.1, -0.05) is 26.7 Å². The highest BCUT2D eigenvalue weighted by molar-refractivity contribution is 5.39. The van der Waals surface area contributed by atoms with Gasteiger partial charge in [-0.3, -0.25) is 0 Å². The molecule has 0 spiro atoms. The van der Waals surface area contributed by atoms with Crippen LogP contribution in [0.5, 0.6) is 0 Å². The largest absolute Gasteiger partial charge is 0.447 e. The molecule has 0 saturated heterocycles. The molecule has 0 aromatic rings. The van der Waals surface area contributed by atoms with Crippen LogP contribution in [0.15, 0.2) is 0 Å². The summed E-state index contributed by atoms with van der Waals surface area (Å²) in [5, 5.41) is 25.0. The van der Waals surface area contributed by atoms with Gasteiger partial charge in [0.15, 0.2) is 0 Å². The molecule has 0 bridgehead atoms. The third-order valence-electron chi connectivity index (χ3n) is 6.50. The lowest BCUT2D eigenvalue weighted by Gasteiger charge is -2.35. The summed E-state index contributed by atoms with van der Waals surface area (Å²) < 4.78 is 2.64. The van der Waals surface area contributed by atoms with Crippen molar-refractivity contribution in [3.63, 3.8) is 0 Å². The molecule has 0 saturated carbocycles. The molecule has 0 aliphatic heterocycles. The van der Waals surface area contributed by atoms with Gasteiger partial charge in [0.25, 0.3) is 0 Å². The summed E-state index contributed by atoms with van der Waals surface area (Å²) in [6, 6.07) is 2.00. The van der Waals surface area contributed by atoms with Gasteiger partial charge in [-0.05, 0) is 67.2 Å². The quantitative estimate of drug-likeness (QED) is 0.175. The molecule has 0 aliphatic carbocycles. The normalized spacial score (nSPS) is 10.1. The van der Waals surface area contributed by atoms with E-state index >= 15 is 0 Å². The molecule has 180 valence electrons. The van der Waals surface area contributed by atoms with Crippen molar-refractivity contribution < 1.29 is 8.97 Å². The van der Waals surface area contributed by atoms with Crippen molar-refractivity contribution in [1.29, 1.82) is 10.8 Å². The lowest BCUT2D eigenvalue weighted by molar-refractivity contribution is -0.923. The molecule has 2 N–H and O–H groups in total. The van der Waals surface area contributed by atoms with Crippen LogP contribution in [0.4, 0.5) is 0 Å². The molecule has 0 heterocycles. The van der Waals surface area contributed by atoms with Crippen LogP contribution in [0.1, 0.15) is 93.9 Å². The standard InChI is InChI=1S/2C11H26N.2CHN2/c2*1-5-9-10-11-12(6-2,7-3)8-4;2*2-1-3/h2*5-11H2,1-4H3;2*2H/q2*+1;2*-1. The van der Waals surface area contributed by atoms with Gasteiger partial charge >= 0.3 is 0 Å². The van der Waals surface area contributed by atoms with Crippen LogP contribution in [0.25, 0.3) is 10.8 Å². The SMILES string of the molecule is CCCCC[N+](CC)(CC)CC.CCCCC[N+](CC)(CC)CC.[N-]=C=N.[N-]=C=N. The molecule has 6 nitrogen and oxygen atoms in total. The second-order valence-electron chi connectivity index (χ2n) is 7.67. The maximum Gasteiger partial charge on any atom is 0.0786 e. The highest BCUT2D eigenvalue weighted by Crippen LogP contribution is 2.10. The number of hydrogen-bond donors (Lipinski definition) is 2. The molecule has 0 aliphatic rings. The van der Waals surface area contributed by atoms with Crippen molar-refractivity contribution in [2.75, 3.05) is 52.4 Å². The number of quaternary nitrogens is 2. The fourth-order valence-electron chi connectivity index (χ4n) is 3.68. The topological polar surface area (TPSA) is 92.3 Å². The van der Waals surface area contributed by atoms with Crippen LogP contribution in [0.2, 0.25) is 0 Å². The summed E-state index contributed by atoms with van der Waals surface area (Å²) in [7, 11) is 0. The molecule has 0 rings (SSSR count). The zero-order chi connectivity index (χ0) is 24.3. The Labute approximate surface area is 189 Å². The van der Waals surface area contributed by atoms with Crippen LogP contribution in [-0.4, -0.2) is 73.3 Å². The van der Waals surface area contributed by atoms with E-state index in [0.29, 0.717) is 0 Å². The van der Waals surface area contributed by atoms with Crippen molar-refractivity contribution in [2.24, 2.45) is 0 Å². The van der Waals surface area contributed by atoms with E-state index in [4.69, 9.17) is 21.6 Å². The van der Waals surface area contributed by atoms with Gasteiger partial charge in [-0.25, -0.2) is 0 Å². The molecule has 0 fully saturated rings. The Morgan fingerprint density at radius 2 is 0.700 bits per heavy atom. The van der Waals surface area contributed by atoms with Crippen LogP contribution in [-0.2, 0) is 0 Å². The van der Waals surface area contributed by atoms with Crippen molar-refractivity contribution in [1.82, 2.24) is 0 Å². The van der Waals surface area contributed by atoms with Crippen molar-refractivity contribution in [3.8, 4) is 0 Å². The van der Waals surface area contributed by atoms with Gasteiger partial charge in [0, 0.05) is 0 Å². The lowest BCUT2D eigenvalue weighted by atomic mass is 10.2. The number of nitrogens with one attached hydrogen (secondary N) is 2. The van der Waals surface area contributed by atoms with Crippen LogP contribution < -0.4 is 0 Å². The predicted molar refractivity (Wildman–Crippen MR) is 135 cm³/mol. The summed E-state index contributed by atoms with van der Waals surface area (Å²) in [6.45, 7) is 29.0. The van der Waals surface area contributed by atoms with Crippen LogP contribution in [0.3, 0.4) is 0 Å². The highest BCUT2D eigenvalue weighted by atomic mass is 15.3. The van der Waals surface area contributed by atoms with Gasteiger partial charge in [0.05, 0.1) is 52.4 Å². The fourth-order valence-corrected chi connectivity index (χ4v) is 3.68. The zero-order valence-electron chi connectivity index (χ0n) is 21.7. The summed E-state index contributed by atoms with van der Waals surface area (Å²) in [4.78, 5) is 0. The number of unbranched alkanes of at least 4 members (excludes halogenated alkanes) is 4. The second-order valence-corrected chi connectivity index (χ2v) is 7.67. The van der Waals surface area contributed by atoms with Crippen molar-refractivity contribution >= 4 is 12.0 Å². The predicted octanol–water partition coefficient (Wildman–Crippen LogP) is 6.72. The molecular formula is C24H54N6. The van der Waals surface area contributed by atoms with E-state index < -0.39 is 0 Å². The van der Waals surface area contributed by atoms with Crippen molar-refractivity contribution in [3.05, 3.63) is 10.8 Å². The smallest absolute Gasteiger partial charge is 0.0786 e. The van der Waals surface area contributed by atoms with E-state index in [1.54, 1.807) is 0 Å². The first-order chi connectivity index (χ1) is 14.3. The fraction of sp³-hybridized carbons (Fsp3) is 0.917. The molecule has 0 aromatic carbocycles. The maximum absolute atomic E-state index is 6.99. The Morgan fingerprint density at radius 3 is 0.833 bits per heavy atom. The molecule has 0 radical (unpaired) electrons. The minimum atomic E-state index is 1.00. The van der Waals surface area contributed by atoms with Gasteiger partial charge in [0.2, 0.25) is 0 Å². The first kappa shape index (κ1) is 36.1. The van der Waals surface area contributed by atoms with Crippen LogP contribution in [0, 0.1) is 10.8 Å². The number of hydrogen-bond acceptors (Lipinski definition) is 2. The van der Waals surface area contributed by atoms with E-state index in [-0.39, 0.29) is 0 Å². The third kappa shape index (κ3) is 21.4. The molecular weight excluding hydrogens is 372 g/mol. The van der Waals surface area contributed by atoms with Gasteiger partial charge < -0.3 is 30.6 Å². The summed E-state index contributed by atoms with van der Waals surface area (Å²) in [5.41, 5.74) is 0. The first-order valence-electron chi connectivity index (χ1n) is 12.1. The zero-order valence-corrected chi connectivity index (χ0v) is 21.7. The summed E-state index contributed by atoms with van der Waals surface area (Å²) >= 11 is 0. The van der Waals surface area contributed by atoms with Crippen LogP contribution >= 0.6 is 0 Å².